The molecule has 1 atom stereocenters. The number of rotatable bonds is 6. The van der Waals surface area contributed by atoms with Crippen LogP contribution in [0.25, 0.3) is 10.9 Å². The summed E-state index contributed by atoms with van der Waals surface area (Å²) >= 11 is 0. The molecular formula is C23H26N3O3+. The van der Waals surface area contributed by atoms with Crippen LogP contribution < -0.4 is 10.2 Å². The van der Waals surface area contributed by atoms with Gasteiger partial charge in [0.25, 0.3) is 5.91 Å². The number of anilines is 1. The van der Waals surface area contributed by atoms with Gasteiger partial charge in [-0.3, -0.25) is 4.79 Å². The van der Waals surface area contributed by atoms with Gasteiger partial charge < -0.3 is 15.0 Å². The minimum Gasteiger partial charge on any atom is -0.465 e. The van der Waals surface area contributed by atoms with Gasteiger partial charge in [-0.25, -0.2) is 9.78 Å². The molecule has 2 aromatic carbocycles. The van der Waals surface area contributed by atoms with E-state index in [9.17, 15) is 9.59 Å². The fourth-order valence-corrected chi connectivity index (χ4v) is 3.41. The van der Waals surface area contributed by atoms with Crippen LogP contribution in [0.5, 0.6) is 0 Å². The first-order chi connectivity index (χ1) is 13.9. The number of benzene rings is 2. The third-order valence-corrected chi connectivity index (χ3v) is 4.88. The zero-order chi connectivity index (χ0) is 21.0. The fraction of sp³-hybridized carbons (Fsp3) is 0.261. The molecule has 0 saturated heterocycles. The zero-order valence-electron chi connectivity index (χ0n) is 17.2. The molecule has 0 aliphatic heterocycles. The zero-order valence-corrected chi connectivity index (χ0v) is 17.2. The number of aromatic nitrogens is 1. The van der Waals surface area contributed by atoms with Crippen LogP contribution in [0.3, 0.4) is 0 Å². The van der Waals surface area contributed by atoms with Crippen molar-refractivity contribution in [2.24, 2.45) is 0 Å². The molecule has 1 aromatic heterocycles. The summed E-state index contributed by atoms with van der Waals surface area (Å²) in [7, 11) is 3.27. The number of pyridine rings is 1. The maximum Gasteiger partial charge on any atom is 0.340 e. The summed E-state index contributed by atoms with van der Waals surface area (Å²) in [6, 6.07) is 15.4. The number of fused-ring (bicyclic) bond motifs is 1. The molecule has 2 N–H and O–H groups in total. The van der Waals surface area contributed by atoms with Gasteiger partial charge in [-0.2, -0.15) is 0 Å². The number of hydrogen-bond acceptors (Lipinski definition) is 4. The molecule has 29 heavy (non-hydrogen) atoms. The van der Waals surface area contributed by atoms with E-state index in [4.69, 9.17) is 9.72 Å². The molecule has 6 nitrogen and oxygen atoms in total. The SMILES string of the molecule is COC(=O)c1c(C[NH+](C)CC(=O)Nc2ccc(C)cc2)nc2ccccc2c1C. The molecule has 0 fully saturated rings. The van der Waals surface area contributed by atoms with Crippen molar-refractivity contribution in [2.45, 2.75) is 20.4 Å². The molecule has 150 valence electrons. The average Bonchev–Trinajstić information content (AvgIpc) is 2.69. The predicted octanol–water partition coefficient (Wildman–Crippen LogP) is 2.29. The number of esters is 1. The van der Waals surface area contributed by atoms with Gasteiger partial charge in [-0.05, 0) is 37.6 Å². The molecule has 1 unspecified atom stereocenters. The van der Waals surface area contributed by atoms with Crippen LogP contribution in [-0.4, -0.2) is 37.6 Å². The third-order valence-electron chi connectivity index (χ3n) is 4.88. The van der Waals surface area contributed by atoms with Crippen LogP contribution in [0.15, 0.2) is 48.5 Å². The monoisotopic (exact) mass is 392 g/mol. The first-order valence-electron chi connectivity index (χ1n) is 9.53. The number of aryl methyl sites for hydroxylation is 2. The van der Waals surface area contributed by atoms with E-state index in [0.717, 1.165) is 32.6 Å². The highest BCUT2D eigenvalue weighted by atomic mass is 16.5. The van der Waals surface area contributed by atoms with Crippen LogP contribution in [-0.2, 0) is 16.1 Å². The Morgan fingerprint density at radius 3 is 2.45 bits per heavy atom. The standard InChI is InChI=1S/C23H25N3O3/c1-15-9-11-17(12-10-15)24-21(27)14-26(3)13-20-22(23(28)29-4)16(2)18-7-5-6-8-19(18)25-20/h5-12H,13-14H2,1-4H3,(H,24,27)/p+1. The summed E-state index contributed by atoms with van der Waals surface area (Å²) in [4.78, 5) is 30.4. The van der Waals surface area contributed by atoms with Crippen LogP contribution in [0.2, 0.25) is 0 Å². The Labute approximate surface area is 170 Å². The van der Waals surface area contributed by atoms with E-state index in [2.05, 4.69) is 5.32 Å². The smallest absolute Gasteiger partial charge is 0.340 e. The minimum absolute atomic E-state index is 0.0940. The summed E-state index contributed by atoms with van der Waals surface area (Å²) in [6.07, 6.45) is 0. The van der Waals surface area contributed by atoms with Crippen molar-refractivity contribution in [3.05, 3.63) is 70.9 Å². The van der Waals surface area contributed by atoms with Crippen LogP contribution in [0.1, 0.15) is 27.2 Å². The van der Waals surface area contributed by atoms with Gasteiger partial charge in [0, 0.05) is 11.1 Å². The van der Waals surface area contributed by atoms with E-state index in [-0.39, 0.29) is 12.5 Å². The lowest BCUT2D eigenvalue weighted by Gasteiger charge is -2.17. The van der Waals surface area contributed by atoms with Crippen molar-refractivity contribution < 1.29 is 19.2 Å². The van der Waals surface area contributed by atoms with E-state index in [1.807, 2.05) is 69.4 Å². The number of para-hydroxylation sites is 1. The number of carbonyl (C=O) groups is 2. The Hall–Kier alpha value is -3.25. The number of quaternary nitrogens is 1. The maximum atomic E-state index is 12.4. The lowest BCUT2D eigenvalue weighted by atomic mass is 10.0. The van der Waals surface area contributed by atoms with Gasteiger partial charge in [0.15, 0.2) is 6.54 Å². The van der Waals surface area contributed by atoms with Crippen molar-refractivity contribution >= 4 is 28.5 Å². The summed E-state index contributed by atoms with van der Waals surface area (Å²) < 4.78 is 4.99. The number of nitrogens with one attached hydrogen (secondary N) is 2. The summed E-state index contributed by atoms with van der Waals surface area (Å²) in [5, 5.41) is 3.83. The van der Waals surface area contributed by atoms with Crippen LogP contribution >= 0.6 is 0 Å². The molecule has 0 spiro atoms. The predicted molar refractivity (Wildman–Crippen MR) is 113 cm³/mol. The molecule has 1 amide bonds. The number of nitrogens with zero attached hydrogens (tertiary/aromatic N) is 1. The second-order valence-corrected chi connectivity index (χ2v) is 7.29. The Bertz CT molecular complexity index is 1050. The Kier molecular flexibility index (Phi) is 6.24. The van der Waals surface area contributed by atoms with E-state index >= 15 is 0 Å². The summed E-state index contributed by atoms with van der Waals surface area (Å²) in [5.74, 6) is -0.504. The van der Waals surface area contributed by atoms with E-state index in [1.54, 1.807) is 0 Å². The Morgan fingerprint density at radius 1 is 1.07 bits per heavy atom. The number of hydrogen-bond donors (Lipinski definition) is 2. The first-order valence-corrected chi connectivity index (χ1v) is 9.53. The molecule has 6 heteroatoms. The highest BCUT2D eigenvalue weighted by Gasteiger charge is 2.22. The number of carbonyl (C=O) groups excluding carboxylic acids is 2. The minimum atomic E-state index is -0.410. The molecule has 0 radical (unpaired) electrons. The van der Waals surface area contributed by atoms with Crippen molar-refractivity contribution in [3.8, 4) is 0 Å². The second kappa shape index (κ2) is 8.84. The van der Waals surface area contributed by atoms with Gasteiger partial charge >= 0.3 is 5.97 Å². The number of methoxy groups -OCH3 is 1. The molecule has 0 aliphatic rings. The maximum absolute atomic E-state index is 12.4. The van der Waals surface area contributed by atoms with E-state index in [1.165, 1.54) is 7.11 Å². The normalized spacial score (nSPS) is 11.9. The number of amides is 1. The van der Waals surface area contributed by atoms with E-state index < -0.39 is 5.97 Å². The van der Waals surface area contributed by atoms with Crippen molar-refractivity contribution in [1.29, 1.82) is 0 Å². The fourth-order valence-electron chi connectivity index (χ4n) is 3.41. The number of ether oxygens (including phenoxy) is 1. The van der Waals surface area contributed by atoms with Crippen molar-refractivity contribution in [1.82, 2.24) is 4.98 Å². The molecule has 3 aromatic rings. The quantitative estimate of drug-likeness (QED) is 0.632. The molecule has 1 heterocycles. The van der Waals surface area contributed by atoms with Gasteiger partial charge in [-0.1, -0.05) is 35.9 Å². The van der Waals surface area contributed by atoms with Gasteiger partial charge in [0.2, 0.25) is 0 Å². The Morgan fingerprint density at radius 2 is 1.76 bits per heavy atom. The average molecular weight is 392 g/mol. The topological polar surface area (TPSA) is 72.7 Å². The molecule has 0 bridgehead atoms. The molecule has 0 saturated carbocycles. The van der Waals surface area contributed by atoms with E-state index in [0.29, 0.717) is 17.8 Å². The highest BCUT2D eigenvalue weighted by molar-refractivity contribution is 5.98. The Balaban J connectivity index is 1.80. The van der Waals surface area contributed by atoms with Gasteiger partial charge in [-0.15, -0.1) is 0 Å². The van der Waals surface area contributed by atoms with Crippen molar-refractivity contribution in [2.75, 3.05) is 26.0 Å². The second-order valence-electron chi connectivity index (χ2n) is 7.29. The largest absolute Gasteiger partial charge is 0.465 e. The van der Waals surface area contributed by atoms with Crippen molar-refractivity contribution in [3.63, 3.8) is 0 Å². The lowest BCUT2D eigenvalue weighted by molar-refractivity contribution is -0.885. The third kappa shape index (κ3) is 4.78. The lowest BCUT2D eigenvalue weighted by Crippen LogP contribution is -3.08. The van der Waals surface area contributed by atoms with Gasteiger partial charge in [0.1, 0.15) is 12.2 Å². The van der Waals surface area contributed by atoms with Crippen LogP contribution in [0.4, 0.5) is 5.69 Å². The summed E-state index contributed by atoms with van der Waals surface area (Å²) in [5.41, 5.74) is 4.68. The molecule has 0 aliphatic carbocycles. The summed E-state index contributed by atoms with van der Waals surface area (Å²) in [6.45, 7) is 4.58. The highest BCUT2D eigenvalue weighted by Crippen LogP contribution is 2.23. The van der Waals surface area contributed by atoms with Crippen LogP contribution in [0, 0.1) is 13.8 Å². The first kappa shape index (κ1) is 20.5. The number of likely N-dealkylation sites (N-methyl/N-ethyl adjacent to an activating group) is 1. The van der Waals surface area contributed by atoms with Gasteiger partial charge in [0.05, 0.1) is 25.2 Å². The molecule has 3 rings (SSSR count). The molecular weight excluding hydrogens is 366 g/mol.